The van der Waals surface area contributed by atoms with Crippen LogP contribution in [0, 0.1) is 0 Å². The minimum atomic E-state index is -0.0850. The molecule has 0 aromatic carbocycles. The first kappa shape index (κ1) is 11.7. The Bertz CT molecular complexity index is 425. The molecule has 2 amide bonds. The molecule has 1 aliphatic heterocycles. The fraction of sp³-hybridized carbons (Fsp3) is 0.500. The molecule has 1 aromatic rings. The molecule has 1 aromatic heterocycles. The summed E-state index contributed by atoms with van der Waals surface area (Å²) in [6.07, 6.45) is 2.89. The number of nitrogens with one attached hydrogen (secondary N) is 1. The molecule has 0 spiro atoms. The van der Waals surface area contributed by atoms with Crippen LogP contribution in [0.1, 0.15) is 23.8 Å². The summed E-state index contributed by atoms with van der Waals surface area (Å²) in [5.74, 6) is -0.142. The van der Waals surface area contributed by atoms with Crippen molar-refractivity contribution in [3.8, 4) is 0 Å². The highest BCUT2D eigenvalue weighted by atomic mass is 16.2. The number of carbonyl (C=O) groups is 2. The summed E-state index contributed by atoms with van der Waals surface area (Å²) in [5.41, 5.74) is 0.668. The van der Waals surface area contributed by atoms with Gasteiger partial charge in [-0.3, -0.25) is 9.59 Å². The molecule has 1 N–H and O–H groups in total. The Morgan fingerprint density at radius 2 is 2.35 bits per heavy atom. The van der Waals surface area contributed by atoms with Gasteiger partial charge in [-0.1, -0.05) is 6.92 Å². The lowest BCUT2D eigenvalue weighted by molar-refractivity contribution is -0.123. The third kappa shape index (κ3) is 2.49. The summed E-state index contributed by atoms with van der Waals surface area (Å²) in [4.78, 5) is 25.1. The van der Waals surface area contributed by atoms with Crippen LogP contribution in [0.2, 0.25) is 0 Å². The van der Waals surface area contributed by atoms with Crippen LogP contribution in [0.3, 0.4) is 0 Å². The van der Waals surface area contributed by atoms with E-state index < -0.39 is 0 Å². The summed E-state index contributed by atoms with van der Waals surface area (Å²) in [6.45, 7) is 4.19. The van der Waals surface area contributed by atoms with Crippen LogP contribution in [0.15, 0.2) is 18.3 Å². The molecule has 17 heavy (non-hydrogen) atoms. The van der Waals surface area contributed by atoms with Gasteiger partial charge in [0, 0.05) is 25.8 Å². The van der Waals surface area contributed by atoms with Crippen LogP contribution >= 0.6 is 0 Å². The van der Waals surface area contributed by atoms with Gasteiger partial charge in [-0.25, -0.2) is 0 Å². The highest BCUT2D eigenvalue weighted by Crippen LogP contribution is 2.08. The van der Waals surface area contributed by atoms with E-state index in [0.717, 1.165) is 13.0 Å². The van der Waals surface area contributed by atoms with Crippen LogP contribution < -0.4 is 5.32 Å². The van der Waals surface area contributed by atoms with Gasteiger partial charge >= 0.3 is 0 Å². The first-order valence-electron chi connectivity index (χ1n) is 5.93. The number of nitrogens with zero attached hydrogens (tertiary/aromatic N) is 2. The second kappa shape index (κ2) is 5.03. The highest BCUT2D eigenvalue weighted by Gasteiger charge is 2.23. The van der Waals surface area contributed by atoms with Gasteiger partial charge in [-0.15, -0.1) is 0 Å². The number of amides is 2. The van der Waals surface area contributed by atoms with Gasteiger partial charge in [0.1, 0.15) is 5.69 Å². The van der Waals surface area contributed by atoms with Gasteiger partial charge in [-0.2, -0.15) is 0 Å². The molecular formula is C12H17N3O2. The summed E-state index contributed by atoms with van der Waals surface area (Å²) in [7, 11) is 0. The minimum Gasteiger partial charge on any atom is -0.353 e. The number of piperazine rings is 1. The first-order valence-corrected chi connectivity index (χ1v) is 5.93. The summed E-state index contributed by atoms with van der Waals surface area (Å²) >= 11 is 0. The van der Waals surface area contributed by atoms with E-state index in [0.29, 0.717) is 18.8 Å². The van der Waals surface area contributed by atoms with Gasteiger partial charge in [0.15, 0.2) is 0 Å². The maximum Gasteiger partial charge on any atom is 0.271 e. The van der Waals surface area contributed by atoms with Gasteiger partial charge < -0.3 is 14.8 Å². The van der Waals surface area contributed by atoms with Crippen LogP contribution in [-0.4, -0.2) is 40.9 Å². The second-order valence-corrected chi connectivity index (χ2v) is 4.16. The molecule has 0 aliphatic carbocycles. The maximum absolute atomic E-state index is 12.2. The molecule has 92 valence electrons. The molecule has 0 unspecified atom stereocenters. The van der Waals surface area contributed by atoms with E-state index in [4.69, 9.17) is 0 Å². The lowest BCUT2D eigenvalue weighted by atomic mass is 10.3. The van der Waals surface area contributed by atoms with E-state index in [1.54, 1.807) is 4.90 Å². The van der Waals surface area contributed by atoms with Crippen LogP contribution in [-0.2, 0) is 11.3 Å². The van der Waals surface area contributed by atoms with E-state index in [1.807, 2.05) is 22.9 Å². The van der Waals surface area contributed by atoms with Gasteiger partial charge in [-0.05, 0) is 18.6 Å². The van der Waals surface area contributed by atoms with Crippen molar-refractivity contribution in [2.24, 2.45) is 0 Å². The predicted molar refractivity (Wildman–Crippen MR) is 63.6 cm³/mol. The van der Waals surface area contributed by atoms with Crippen molar-refractivity contribution in [3.63, 3.8) is 0 Å². The van der Waals surface area contributed by atoms with E-state index in [-0.39, 0.29) is 18.4 Å². The van der Waals surface area contributed by atoms with E-state index in [2.05, 4.69) is 12.2 Å². The molecular weight excluding hydrogens is 218 g/mol. The molecule has 0 atom stereocenters. The zero-order valence-corrected chi connectivity index (χ0v) is 9.98. The smallest absolute Gasteiger partial charge is 0.271 e. The zero-order valence-electron chi connectivity index (χ0n) is 9.98. The number of hydrogen-bond donors (Lipinski definition) is 1. The van der Waals surface area contributed by atoms with Crippen molar-refractivity contribution in [1.29, 1.82) is 0 Å². The fourth-order valence-corrected chi connectivity index (χ4v) is 2.02. The highest BCUT2D eigenvalue weighted by molar-refractivity contribution is 5.95. The molecule has 2 rings (SSSR count). The summed E-state index contributed by atoms with van der Waals surface area (Å²) in [6, 6.07) is 3.68. The van der Waals surface area contributed by atoms with Crippen molar-refractivity contribution in [1.82, 2.24) is 14.8 Å². The molecule has 0 radical (unpaired) electrons. The van der Waals surface area contributed by atoms with Crippen LogP contribution in [0.25, 0.3) is 0 Å². The molecule has 0 saturated carbocycles. The van der Waals surface area contributed by atoms with E-state index in [1.165, 1.54) is 0 Å². The van der Waals surface area contributed by atoms with Crippen LogP contribution in [0.4, 0.5) is 0 Å². The topological polar surface area (TPSA) is 54.3 Å². The number of aromatic nitrogens is 1. The predicted octanol–water partition coefficient (Wildman–Crippen LogP) is 0.470. The number of carbonyl (C=O) groups excluding carboxylic acids is 2. The SMILES string of the molecule is CCCn1cccc1C(=O)N1CCNC(=O)C1. The van der Waals surface area contributed by atoms with Crippen LogP contribution in [0.5, 0.6) is 0 Å². The maximum atomic E-state index is 12.2. The molecule has 0 bridgehead atoms. The second-order valence-electron chi connectivity index (χ2n) is 4.16. The largest absolute Gasteiger partial charge is 0.353 e. The number of aryl methyl sites for hydroxylation is 1. The van der Waals surface area contributed by atoms with E-state index >= 15 is 0 Å². The van der Waals surface area contributed by atoms with Crippen molar-refractivity contribution in [3.05, 3.63) is 24.0 Å². The third-order valence-electron chi connectivity index (χ3n) is 2.84. The lowest BCUT2D eigenvalue weighted by Gasteiger charge is -2.27. The average molecular weight is 235 g/mol. The molecule has 1 saturated heterocycles. The van der Waals surface area contributed by atoms with Gasteiger partial charge in [0.25, 0.3) is 5.91 Å². The molecule has 1 aliphatic rings. The number of hydrogen-bond acceptors (Lipinski definition) is 2. The van der Waals surface area contributed by atoms with Crippen molar-refractivity contribution in [2.75, 3.05) is 19.6 Å². The Labute approximate surface area is 100 Å². The molecule has 5 nitrogen and oxygen atoms in total. The third-order valence-corrected chi connectivity index (χ3v) is 2.84. The Balaban J connectivity index is 2.12. The van der Waals surface area contributed by atoms with Crippen molar-refractivity contribution in [2.45, 2.75) is 19.9 Å². The van der Waals surface area contributed by atoms with Gasteiger partial charge in [0.05, 0.1) is 6.54 Å². The molecule has 5 heteroatoms. The molecule has 2 heterocycles. The average Bonchev–Trinajstić information content (AvgIpc) is 2.77. The first-order chi connectivity index (χ1) is 8.22. The van der Waals surface area contributed by atoms with Crippen molar-refractivity contribution < 1.29 is 9.59 Å². The minimum absolute atomic E-state index is 0.0571. The summed E-state index contributed by atoms with van der Waals surface area (Å²) in [5, 5.41) is 2.71. The zero-order chi connectivity index (χ0) is 12.3. The number of rotatable bonds is 3. The Hall–Kier alpha value is -1.78. The lowest BCUT2D eigenvalue weighted by Crippen LogP contribution is -2.50. The Morgan fingerprint density at radius 1 is 1.53 bits per heavy atom. The van der Waals surface area contributed by atoms with Gasteiger partial charge in [0.2, 0.25) is 5.91 Å². The summed E-state index contributed by atoms with van der Waals surface area (Å²) < 4.78 is 1.94. The Morgan fingerprint density at radius 3 is 3.06 bits per heavy atom. The normalized spacial score (nSPS) is 15.8. The quantitative estimate of drug-likeness (QED) is 0.828. The Kier molecular flexibility index (Phi) is 3.46. The van der Waals surface area contributed by atoms with Crippen molar-refractivity contribution >= 4 is 11.8 Å². The standard InChI is InChI=1S/C12H17N3O2/c1-2-6-14-7-3-4-10(14)12(17)15-8-5-13-11(16)9-15/h3-4,7H,2,5-6,8-9H2,1H3,(H,13,16). The molecule has 1 fully saturated rings. The van der Waals surface area contributed by atoms with E-state index in [9.17, 15) is 9.59 Å². The monoisotopic (exact) mass is 235 g/mol. The fourth-order valence-electron chi connectivity index (χ4n) is 2.02.